The third-order valence-electron chi connectivity index (χ3n) is 7.29. The predicted octanol–water partition coefficient (Wildman–Crippen LogP) is 7.81. The van der Waals surface area contributed by atoms with Crippen LogP contribution in [0.1, 0.15) is 41.6 Å². The molecule has 2 N–H and O–H groups in total. The molecule has 4 atom stereocenters. The molecule has 43 heavy (non-hydrogen) atoms. The maximum atomic E-state index is 12.0. The largest absolute Gasteiger partial charge is 0.392 e. The SMILES string of the molecule is C[C@@H]1[C@H](CSc2ccccn2)O[C@H](c2cccc(-c3cccc(CNC(=O)C(Cl)(Cl)Cl)c3)c2)O[C@@H]1c1ccc(CO)cc1. The van der Waals surface area contributed by atoms with Gasteiger partial charge in [0.05, 0.1) is 23.8 Å². The molecule has 0 saturated carbocycles. The highest BCUT2D eigenvalue weighted by Crippen LogP contribution is 2.43. The molecule has 1 fully saturated rings. The summed E-state index contributed by atoms with van der Waals surface area (Å²) in [5, 5.41) is 13.1. The summed E-state index contributed by atoms with van der Waals surface area (Å²) >= 11 is 18.7. The van der Waals surface area contributed by atoms with Gasteiger partial charge in [-0.3, -0.25) is 4.79 Å². The molecule has 1 aliphatic heterocycles. The van der Waals surface area contributed by atoms with E-state index in [4.69, 9.17) is 44.3 Å². The molecule has 0 spiro atoms. The third-order valence-corrected chi connectivity index (χ3v) is 8.83. The molecule has 3 aromatic carbocycles. The lowest BCUT2D eigenvalue weighted by Gasteiger charge is -2.41. The molecule has 4 aromatic rings. The molecule has 0 bridgehead atoms. The van der Waals surface area contributed by atoms with Crippen LogP contribution in [0, 0.1) is 5.92 Å². The van der Waals surface area contributed by atoms with Crippen molar-refractivity contribution in [1.82, 2.24) is 10.3 Å². The summed E-state index contributed by atoms with van der Waals surface area (Å²) in [6.45, 7) is 2.36. The van der Waals surface area contributed by atoms with Crippen molar-refractivity contribution in [3.63, 3.8) is 0 Å². The molecule has 5 rings (SSSR count). The Balaban J connectivity index is 1.38. The first kappa shape index (κ1) is 31.8. The first-order valence-electron chi connectivity index (χ1n) is 13.8. The fourth-order valence-corrected chi connectivity index (χ4v) is 6.15. The highest BCUT2D eigenvalue weighted by molar-refractivity contribution is 7.99. The highest BCUT2D eigenvalue weighted by atomic mass is 35.6. The Morgan fingerprint density at radius 3 is 2.35 bits per heavy atom. The van der Waals surface area contributed by atoms with Crippen molar-refractivity contribution in [2.45, 2.75) is 47.4 Å². The first-order chi connectivity index (χ1) is 20.7. The Kier molecular flexibility index (Phi) is 10.7. The number of halogens is 3. The summed E-state index contributed by atoms with van der Waals surface area (Å²) in [5.74, 6) is 0.0996. The van der Waals surface area contributed by atoms with E-state index in [-0.39, 0.29) is 31.3 Å². The summed E-state index contributed by atoms with van der Waals surface area (Å²) in [5.41, 5.74) is 5.58. The zero-order valence-corrected chi connectivity index (χ0v) is 26.4. The van der Waals surface area contributed by atoms with Crippen LogP contribution in [0.2, 0.25) is 0 Å². The van der Waals surface area contributed by atoms with Crippen LogP contribution >= 0.6 is 46.6 Å². The molecule has 2 heterocycles. The van der Waals surface area contributed by atoms with Crippen molar-refractivity contribution in [3.05, 3.63) is 119 Å². The number of hydrogen-bond acceptors (Lipinski definition) is 6. The van der Waals surface area contributed by atoms with Crippen molar-refractivity contribution in [2.75, 3.05) is 5.75 Å². The number of aliphatic hydroxyl groups excluding tert-OH is 1. The van der Waals surface area contributed by atoms with E-state index in [0.29, 0.717) is 5.75 Å². The van der Waals surface area contributed by atoms with Gasteiger partial charge in [0.15, 0.2) is 6.29 Å². The predicted molar refractivity (Wildman–Crippen MR) is 172 cm³/mol. The Morgan fingerprint density at radius 1 is 0.907 bits per heavy atom. The molecule has 0 aliphatic carbocycles. The van der Waals surface area contributed by atoms with Gasteiger partial charge in [-0.25, -0.2) is 4.98 Å². The van der Waals surface area contributed by atoms with E-state index in [9.17, 15) is 9.90 Å². The number of aliphatic hydroxyl groups is 1. The molecule has 0 unspecified atom stereocenters. The second-order valence-corrected chi connectivity index (χ2v) is 13.6. The number of carbonyl (C=O) groups excluding carboxylic acids is 1. The van der Waals surface area contributed by atoms with Gasteiger partial charge in [0.1, 0.15) is 0 Å². The van der Waals surface area contributed by atoms with Gasteiger partial charge >= 0.3 is 0 Å². The minimum atomic E-state index is -2.02. The number of benzene rings is 3. The molecular formula is C33H31Cl3N2O4S. The smallest absolute Gasteiger partial charge is 0.272 e. The van der Waals surface area contributed by atoms with Crippen molar-refractivity contribution >= 4 is 52.5 Å². The van der Waals surface area contributed by atoms with Gasteiger partial charge in [0.25, 0.3) is 9.70 Å². The zero-order chi connectivity index (χ0) is 30.4. The number of aromatic nitrogens is 1. The maximum absolute atomic E-state index is 12.0. The molecule has 1 aromatic heterocycles. The quantitative estimate of drug-likeness (QED) is 0.141. The van der Waals surface area contributed by atoms with Crippen LogP contribution < -0.4 is 5.32 Å². The number of alkyl halides is 3. The molecule has 1 aliphatic rings. The minimum absolute atomic E-state index is 0.0102. The average molecular weight is 658 g/mol. The number of amides is 1. The van der Waals surface area contributed by atoms with Gasteiger partial charge in [-0.05, 0) is 52.1 Å². The van der Waals surface area contributed by atoms with E-state index >= 15 is 0 Å². The Labute approximate surface area is 270 Å². The average Bonchev–Trinajstić information content (AvgIpc) is 3.03. The Hall–Kier alpha value is -2.62. The molecule has 0 radical (unpaired) electrons. The normalized spacial score (nSPS) is 20.5. The fourth-order valence-electron chi connectivity index (χ4n) is 4.92. The number of ether oxygens (including phenoxy) is 2. The van der Waals surface area contributed by atoms with Gasteiger partial charge in [-0.1, -0.05) is 108 Å². The third kappa shape index (κ3) is 8.31. The summed E-state index contributed by atoms with van der Waals surface area (Å²) < 4.78 is 11.2. The Morgan fingerprint density at radius 2 is 1.65 bits per heavy atom. The minimum Gasteiger partial charge on any atom is -0.392 e. The van der Waals surface area contributed by atoms with Crippen LogP contribution in [0.4, 0.5) is 0 Å². The van der Waals surface area contributed by atoms with Crippen LogP contribution in [0.3, 0.4) is 0 Å². The zero-order valence-electron chi connectivity index (χ0n) is 23.3. The second-order valence-electron chi connectivity index (χ2n) is 10.3. The number of rotatable bonds is 9. The molecule has 224 valence electrons. The monoisotopic (exact) mass is 656 g/mol. The maximum Gasteiger partial charge on any atom is 0.272 e. The highest BCUT2D eigenvalue weighted by Gasteiger charge is 2.38. The van der Waals surface area contributed by atoms with Gasteiger partial charge < -0.3 is 19.9 Å². The standard InChI is InChI=1S/C33H31Cl3N2O4S/c1-21-28(20-43-29-10-2-3-15-37-29)41-31(42-30(21)24-13-11-22(19-39)12-14-24)27-9-5-8-26(17-27)25-7-4-6-23(16-25)18-38-32(40)33(34,35)36/h2-17,21,28,30-31,39H,18-20H2,1H3,(H,38,40)/t21-,28+,30+,31+/m1/s1. The molecule has 10 heteroatoms. The summed E-state index contributed by atoms with van der Waals surface area (Å²) in [6, 6.07) is 29.6. The lowest BCUT2D eigenvalue weighted by atomic mass is 9.91. The van der Waals surface area contributed by atoms with Crippen LogP contribution in [0.15, 0.2) is 102 Å². The van der Waals surface area contributed by atoms with Crippen LogP contribution in [-0.2, 0) is 27.4 Å². The van der Waals surface area contributed by atoms with Crippen LogP contribution in [-0.4, -0.2) is 31.6 Å². The van der Waals surface area contributed by atoms with E-state index in [2.05, 4.69) is 23.3 Å². The number of carbonyl (C=O) groups is 1. The number of nitrogens with zero attached hydrogens (tertiary/aromatic N) is 1. The topological polar surface area (TPSA) is 80.7 Å². The fraction of sp³-hybridized carbons (Fsp3) is 0.273. The lowest BCUT2D eigenvalue weighted by Crippen LogP contribution is -2.38. The van der Waals surface area contributed by atoms with Crippen LogP contribution in [0.5, 0.6) is 0 Å². The molecule has 6 nitrogen and oxygen atoms in total. The van der Waals surface area contributed by atoms with Crippen molar-refractivity contribution in [2.24, 2.45) is 5.92 Å². The van der Waals surface area contributed by atoms with Crippen molar-refractivity contribution < 1.29 is 19.4 Å². The molecular weight excluding hydrogens is 627 g/mol. The molecule has 1 amide bonds. The summed E-state index contributed by atoms with van der Waals surface area (Å²) in [7, 11) is 0. The van der Waals surface area contributed by atoms with Gasteiger partial charge in [0.2, 0.25) is 0 Å². The number of nitrogens with one attached hydrogen (secondary N) is 1. The van der Waals surface area contributed by atoms with E-state index in [1.807, 2.05) is 84.9 Å². The second kappa shape index (κ2) is 14.4. The van der Waals surface area contributed by atoms with Crippen LogP contribution in [0.25, 0.3) is 11.1 Å². The summed E-state index contributed by atoms with van der Waals surface area (Å²) in [6.07, 6.45) is 0.871. The Bertz CT molecular complexity index is 1520. The van der Waals surface area contributed by atoms with Crippen molar-refractivity contribution in [1.29, 1.82) is 0 Å². The number of hydrogen-bond donors (Lipinski definition) is 2. The molecule has 1 saturated heterocycles. The lowest BCUT2D eigenvalue weighted by molar-refractivity contribution is -0.268. The van der Waals surface area contributed by atoms with E-state index in [1.54, 1.807) is 18.0 Å². The van der Waals surface area contributed by atoms with Gasteiger partial charge in [0, 0.05) is 30.0 Å². The van der Waals surface area contributed by atoms with Gasteiger partial charge in [-0.15, -0.1) is 11.8 Å². The number of thioether (sulfide) groups is 1. The van der Waals surface area contributed by atoms with Gasteiger partial charge in [-0.2, -0.15) is 0 Å². The van der Waals surface area contributed by atoms with E-state index < -0.39 is 16.0 Å². The van der Waals surface area contributed by atoms with E-state index in [1.165, 1.54) is 0 Å². The van der Waals surface area contributed by atoms with E-state index in [0.717, 1.165) is 38.4 Å². The summed E-state index contributed by atoms with van der Waals surface area (Å²) in [4.78, 5) is 16.5. The first-order valence-corrected chi connectivity index (χ1v) is 15.9. The van der Waals surface area contributed by atoms with Crippen molar-refractivity contribution in [3.8, 4) is 11.1 Å². The number of pyridine rings is 1.